The number of methoxy groups -OCH3 is 1. The predicted octanol–water partition coefficient (Wildman–Crippen LogP) is 0.804. The van der Waals surface area contributed by atoms with Crippen LogP contribution in [0.2, 0.25) is 0 Å². The first-order valence-corrected chi connectivity index (χ1v) is 9.48. The highest BCUT2D eigenvalue weighted by atomic mass is 32.1. The van der Waals surface area contributed by atoms with Crippen molar-refractivity contribution in [3.05, 3.63) is 35.7 Å². The number of ketones is 1. The molecule has 160 valence electrons. The summed E-state index contributed by atoms with van der Waals surface area (Å²) < 4.78 is 35.6. The maximum absolute atomic E-state index is 14.7. The van der Waals surface area contributed by atoms with E-state index in [-0.39, 0.29) is 49.3 Å². The fourth-order valence-electron chi connectivity index (χ4n) is 3.08. The van der Waals surface area contributed by atoms with Gasteiger partial charge >= 0.3 is 0 Å². The molecule has 2 aromatic rings. The van der Waals surface area contributed by atoms with Crippen molar-refractivity contribution in [1.29, 1.82) is 0 Å². The van der Waals surface area contributed by atoms with E-state index >= 15 is 0 Å². The van der Waals surface area contributed by atoms with Gasteiger partial charge in [0.1, 0.15) is 11.4 Å². The summed E-state index contributed by atoms with van der Waals surface area (Å²) >= 11 is 4.87. The van der Waals surface area contributed by atoms with Gasteiger partial charge in [-0.3, -0.25) is 9.59 Å². The summed E-state index contributed by atoms with van der Waals surface area (Å²) in [4.78, 5) is 25.9. The molecule has 0 unspecified atom stereocenters. The Morgan fingerprint density at radius 2 is 1.83 bits per heavy atom. The first kappa shape index (κ1) is 21.6. The third kappa shape index (κ3) is 4.70. The van der Waals surface area contributed by atoms with Crippen molar-refractivity contribution >= 4 is 34.8 Å². The topological polar surface area (TPSA) is 92.6 Å². The zero-order valence-corrected chi connectivity index (χ0v) is 17.2. The van der Waals surface area contributed by atoms with Crippen LogP contribution in [0.5, 0.6) is 0 Å². The summed E-state index contributed by atoms with van der Waals surface area (Å²) in [5.41, 5.74) is 0.499. The first-order valence-electron chi connectivity index (χ1n) is 9.07. The number of anilines is 1. The molecule has 0 saturated carbocycles. The lowest BCUT2D eigenvalue weighted by Crippen LogP contribution is -2.50. The number of hydrogen-bond donors (Lipinski definition) is 1. The fraction of sp³-hybridized carbons (Fsp3) is 0.389. The largest absolute Gasteiger partial charge is 0.474 e. The van der Waals surface area contributed by atoms with Crippen LogP contribution < -0.4 is 10.2 Å². The minimum Gasteiger partial charge on any atom is -0.474 e. The number of Topliss-reactive ketones (excluding diaryl/α,β-unsaturated/α-hetero) is 1. The predicted molar refractivity (Wildman–Crippen MR) is 107 cm³/mol. The molecule has 0 spiro atoms. The van der Waals surface area contributed by atoms with Crippen LogP contribution in [-0.4, -0.2) is 70.0 Å². The molecule has 1 aromatic carbocycles. The highest BCUT2D eigenvalue weighted by Gasteiger charge is 2.27. The Bertz CT molecular complexity index is 952. The Balaban J connectivity index is 1.72. The number of aromatic nitrogens is 3. The smallest absolute Gasteiger partial charge is 0.289 e. The lowest BCUT2D eigenvalue weighted by molar-refractivity contribution is -0.143. The molecule has 1 saturated heterocycles. The van der Waals surface area contributed by atoms with Crippen molar-refractivity contribution in [2.75, 3.05) is 38.2 Å². The Kier molecular flexibility index (Phi) is 6.55. The maximum atomic E-state index is 14.7. The zero-order chi connectivity index (χ0) is 21.8. The summed E-state index contributed by atoms with van der Waals surface area (Å²) in [5.74, 6) is -2.66. The van der Waals surface area contributed by atoms with Gasteiger partial charge < -0.3 is 19.9 Å². The van der Waals surface area contributed by atoms with E-state index in [2.05, 4.69) is 15.6 Å². The number of hydrogen-bond acceptors (Lipinski definition) is 7. The van der Waals surface area contributed by atoms with E-state index in [1.807, 2.05) is 0 Å². The molecule has 1 aliphatic rings. The lowest BCUT2D eigenvalue weighted by Gasteiger charge is -2.35. The molecule has 12 heteroatoms. The monoisotopic (exact) mass is 438 g/mol. The molecular weight excluding hydrogens is 418 g/mol. The minimum atomic E-state index is -0.757. The fourth-order valence-corrected chi connectivity index (χ4v) is 3.15. The normalized spacial score (nSPS) is 13.9. The van der Waals surface area contributed by atoms with Crippen LogP contribution in [0.1, 0.15) is 12.6 Å². The van der Waals surface area contributed by atoms with E-state index in [0.29, 0.717) is 5.69 Å². The molecule has 1 fully saturated rings. The van der Waals surface area contributed by atoms with Gasteiger partial charge in [0.15, 0.2) is 11.6 Å². The van der Waals surface area contributed by atoms with Crippen molar-refractivity contribution in [2.45, 2.75) is 13.5 Å². The molecule has 1 N–H and O–H groups in total. The quantitative estimate of drug-likeness (QED) is 0.542. The maximum Gasteiger partial charge on any atom is 0.289 e. The highest BCUT2D eigenvalue weighted by molar-refractivity contribution is 7.80. The number of ether oxygens (including phenoxy) is 1. The van der Waals surface area contributed by atoms with E-state index in [1.165, 1.54) is 34.7 Å². The number of carbonyl (C=O) groups excluding carboxylic acids is 2. The average Bonchev–Trinajstić information content (AvgIpc) is 3.20. The third-order valence-corrected chi connectivity index (χ3v) is 4.90. The summed E-state index contributed by atoms with van der Waals surface area (Å²) in [6.45, 7) is 2.29. The average molecular weight is 438 g/mol. The van der Waals surface area contributed by atoms with E-state index in [4.69, 9.17) is 17.0 Å². The summed E-state index contributed by atoms with van der Waals surface area (Å²) in [6, 6.07) is 2.33. The number of piperazine rings is 1. The number of nitrogens with one attached hydrogen (secondary N) is 1. The second-order valence-electron chi connectivity index (χ2n) is 6.59. The summed E-state index contributed by atoms with van der Waals surface area (Å²) in [7, 11) is 1.43. The molecule has 1 aliphatic heterocycles. The standard InChI is InChI=1S/C18H20F2N6O3S/c1-11(27)17(28)25-5-3-24(4-6-25)16-14(19)7-13(8-15(16)20)26-10-12(22-23-26)9-21-18(30)29-2/h7-8,10H,3-6,9H2,1-2H3,(H,21,30). The van der Waals surface area contributed by atoms with Crippen LogP contribution in [0.3, 0.4) is 0 Å². The van der Waals surface area contributed by atoms with Gasteiger partial charge in [-0.15, -0.1) is 5.10 Å². The Morgan fingerprint density at radius 3 is 2.40 bits per heavy atom. The van der Waals surface area contributed by atoms with Gasteiger partial charge in [-0.25, -0.2) is 13.5 Å². The van der Waals surface area contributed by atoms with E-state index in [9.17, 15) is 18.4 Å². The minimum absolute atomic E-state index is 0.173. The molecule has 0 radical (unpaired) electrons. The highest BCUT2D eigenvalue weighted by Crippen LogP contribution is 2.27. The number of nitrogens with zero attached hydrogens (tertiary/aromatic N) is 5. The number of thiocarbonyl (C=S) groups is 1. The molecule has 0 aliphatic carbocycles. The first-order chi connectivity index (χ1) is 14.3. The molecule has 0 bridgehead atoms. The Hall–Kier alpha value is -3.15. The third-order valence-electron chi connectivity index (χ3n) is 4.59. The number of amides is 1. The number of benzene rings is 1. The Morgan fingerprint density at radius 1 is 1.20 bits per heavy atom. The van der Waals surface area contributed by atoms with Crippen LogP contribution in [0.4, 0.5) is 14.5 Å². The van der Waals surface area contributed by atoms with Crippen LogP contribution >= 0.6 is 12.2 Å². The molecule has 0 atom stereocenters. The van der Waals surface area contributed by atoms with Gasteiger partial charge in [0, 0.05) is 45.2 Å². The van der Waals surface area contributed by atoms with E-state index in [1.54, 1.807) is 0 Å². The number of rotatable bonds is 5. The Labute approximate surface area is 176 Å². The van der Waals surface area contributed by atoms with Crippen LogP contribution in [0, 0.1) is 11.6 Å². The van der Waals surface area contributed by atoms with Gasteiger partial charge in [-0.2, -0.15) is 0 Å². The van der Waals surface area contributed by atoms with Crippen molar-refractivity contribution < 1.29 is 23.1 Å². The summed E-state index contributed by atoms with van der Waals surface area (Å²) in [6.07, 6.45) is 1.52. The molecule has 9 nitrogen and oxygen atoms in total. The number of halogens is 2. The second-order valence-corrected chi connectivity index (χ2v) is 6.96. The summed E-state index contributed by atoms with van der Waals surface area (Å²) in [5, 5.41) is 10.8. The number of carbonyl (C=O) groups is 2. The van der Waals surface area contributed by atoms with Gasteiger partial charge in [-0.05, 0) is 12.2 Å². The van der Waals surface area contributed by atoms with Gasteiger partial charge in [0.25, 0.3) is 11.1 Å². The second kappa shape index (κ2) is 9.11. The van der Waals surface area contributed by atoms with Crippen molar-refractivity contribution in [3.63, 3.8) is 0 Å². The molecule has 1 amide bonds. The SMILES string of the molecule is COC(=S)NCc1cn(-c2cc(F)c(N3CCN(C(=O)C(C)=O)CC3)c(F)c2)nn1. The van der Waals surface area contributed by atoms with Crippen molar-refractivity contribution in [2.24, 2.45) is 0 Å². The van der Waals surface area contributed by atoms with E-state index in [0.717, 1.165) is 12.1 Å². The molecule has 30 heavy (non-hydrogen) atoms. The van der Waals surface area contributed by atoms with Crippen molar-refractivity contribution in [3.8, 4) is 5.69 Å². The molecular formula is C18H20F2N6O3S. The lowest BCUT2D eigenvalue weighted by atomic mass is 10.2. The van der Waals surface area contributed by atoms with Crippen LogP contribution in [0.15, 0.2) is 18.3 Å². The van der Waals surface area contributed by atoms with Gasteiger partial charge in [0.2, 0.25) is 5.78 Å². The zero-order valence-electron chi connectivity index (χ0n) is 16.4. The van der Waals surface area contributed by atoms with Gasteiger partial charge in [0.05, 0.1) is 25.5 Å². The van der Waals surface area contributed by atoms with Crippen molar-refractivity contribution in [1.82, 2.24) is 25.2 Å². The molecule has 3 rings (SSSR count). The molecule has 2 heterocycles. The van der Waals surface area contributed by atoms with Crippen LogP contribution in [-0.2, 0) is 20.9 Å². The molecule has 1 aromatic heterocycles. The van der Waals surface area contributed by atoms with E-state index < -0.39 is 23.3 Å². The van der Waals surface area contributed by atoms with Gasteiger partial charge in [-0.1, -0.05) is 5.21 Å². The van der Waals surface area contributed by atoms with Crippen LogP contribution in [0.25, 0.3) is 5.69 Å².